The van der Waals surface area contributed by atoms with Gasteiger partial charge in [0.25, 0.3) is 0 Å². The molecule has 2 aliphatic heterocycles. The van der Waals surface area contributed by atoms with Gasteiger partial charge in [0, 0.05) is 0 Å². The molecule has 0 saturated carbocycles. The van der Waals surface area contributed by atoms with E-state index < -0.39 is 103 Å². The van der Waals surface area contributed by atoms with Crippen LogP contribution in [0.1, 0.15) is 15.9 Å². The Morgan fingerprint density at radius 1 is 0.636 bits per heavy atom. The largest absolute Gasteiger partial charge is 0.504 e. The molecule has 17 heteroatoms. The molecule has 2 aromatic rings. The van der Waals surface area contributed by atoms with Crippen molar-refractivity contribution >= 4 is 11.9 Å². The first-order chi connectivity index (χ1) is 20.7. The summed E-state index contributed by atoms with van der Waals surface area (Å²) >= 11 is 0. The van der Waals surface area contributed by atoms with Gasteiger partial charge in [-0.1, -0.05) is 30.3 Å². The summed E-state index contributed by atoms with van der Waals surface area (Å²) in [5, 5.41) is 127. The van der Waals surface area contributed by atoms with Crippen LogP contribution in [0.4, 0.5) is 0 Å². The summed E-state index contributed by atoms with van der Waals surface area (Å²) in [5.41, 5.74) is 0.311. The zero-order valence-corrected chi connectivity index (χ0v) is 22.8. The van der Waals surface area contributed by atoms with Gasteiger partial charge in [-0.3, -0.25) is 4.79 Å². The van der Waals surface area contributed by atoms with Crippen LogP contribution in [0.2, 0.25) is 0 Å². The molecule has 0 amide bonds. The molecule has 10 atom stereocenters. The van der Waals surface area contributed by atoms with Crippen molar-refractivity contribution in [1.82, 2.24) is 0 Å². The Morgan fingerprint density at radius 3 is 1.52 bits per heavy atom. The Bertz CT molecular complexity index is 1180. The van der Waals surface area contributed by atoms with Crippen molar-refractivity contribution in [1.29, 1.82) is 0 Å². The van der Waals surface area contributed by atoms with Crippen molar-refractivity contribution in [2.24, 2.45) is 0 Å². The summed E-state index contributed by atoms with van der Waals surface area (Å²) < 4.78 is 9.15. The summed E-state index contributed by atoms with van der Waals surface area (Å²) in [6, 6.07) is 10.8. The molecule has 2 heterocycles. The third-order valence-electron chi connectivity index (χ3n) is 6.44. The minimum Gasteiger partial charge on any atom is -0.504 e. The van der Waals surface area contributed by atoms with E-state index in [-0.39, 0.29) is 5.56 Å². The normalized spacial score (nSPS) is 32.0. The molecule has 2 aliphatic rings. The Hall–Kier alpha value is -3.43. The first-order valence-electron chi connectivity index (χ1n) is 12.9. The molecule has 2 aromatic carbocycles. The molecule has 2 unspecified atom stereocenters. The molecular weight excluding hydrogens is 596 g/mol. The van der Waals surface area contributed by atoms with E-state index in [0.29, 0.717) is 5.56 Å². The number of ketones is 1. The Balaban J connectivity index is 0.000000244. The number of hydrogen-bond donors (Lipinski definition) is 14. The van der Waals surface area contributed by atoms with Gasteiger partial charge in [-0.15, -0.1) is 0 Å². The van der Waals surface area contributed by atoms with E-state index in [1.807, 2.05) is 0 Å². The van der Waals surface area contributed by atoms with Gasteiger partial charge in [-0.25, -0.2) is 0 Å². The number of aliphatic hydroxyl groups excluding tert-OH is 11. The molecule has 0 bridgehead atoms. The number of rotatable bonds is 5. The maximum absolute atomic E-state index is 12.0. The smallest absolute Gasteiger partial charge is 0.231 e. The lowest BCUT2D eigenvalue weighted by atomic mass is 10.00. The van der Waals surface area contributed by atoms with Crippen LogP contribution in [0.15, 0.2) is 48.2 Å². The third kappa shape index (κ3) is 9.05. The van der Waals surface area contributed by atoms with Crippen LogP contribution in [0, 0.1) is 0 Å². The van der Waals surface area contributed by atoms with Gasteiger partial charge < -0.3 is 81.0 Å². The maximum Gasteiger partial charge on any atom is 0.231 e. The number of carbonyl (C=O) groups excluding carboxylic acids is 1. The van der Waals surface area contributed by atoms with Gasteiger partial charge in [0.15, 0.2) is 29.8 Å². The topological polar surface area (TPSA) is 319 Å². The molecule has 2 saturated heterocycles. The van der Waals surface area contributed by atoms with Crippen LogP contribution in [0.3, 0.4) is 0 Å². The zero-order chi connectivity index (χ0) is 33.3. The highest BCUT2D eigenvalue weighted by molar-refractivity contribution is 6.11. The quantitative estimate of drug-likeness (QED) is 0.0649. The number of benzene rings is 2. The van der Waals surface area contributed by atoms with Crippen molar-refractivity contribution in [2.75, 3.05) is 13.2 Å². The molecule has 4 rings (SSSR count). The number of aromatic hydroxyl groups is 3. The molecular formula is C27H36O17. The van der Waals surface area contributed by atoms with Crippen LogP contribution in [-0.4, -0.2) is 152 Å². The summed E-state index contributed by atoms with van der Waals surface area (Å²) in [6.07, 6.45) is -12.8. The van der Waals surface area contributed by atoms with Gasteiger partial charge in [0.2, 0.25) is 11.5 Å². The number of carbonyl (C=O) groups is 1. The molecule has 0 radical (unpaired) electrons. The first kappa shape index (κ1) is 36.8. The summed E-state index contributed by atoms with van der Waals surface area (Å²) in [4.78, 5) is 12.0. The minimum absolute atomic E-state index is 0.301. The summed E-state index contributed by atoms with van der Waals surface area (Å²) in [7, 11) is 0. The van der Waals surface area contributed by atoms with Gasteiger partial charge in [0.1, 0.15) is 48.8 Å². The van der Waals surface area contributed by atoms with Gasteiger partial charge in [-0.2, -0.15) is 0 Å². The number of phenols is 3. The van der Waals surface area contributed by atoms with Crippen molar-refractivity contribution in [3.63, 3.8) is 0 Å². The molecule has 0 spiro atoms. The van der Waals surface area contributed by atoms with E-state index in [0.717, 1.165) is 12.1 Å². The van der Waals surface area contributed by atoms with Crippen LogP contribution >= 0.6 is 0 Å². The second-order valence-electron chi connectivity index (χ2n) is 9.54. The van der Waals surface area contributed by atoms with Crippen molar-refractivity contribution in [3.05, 3.63) is 59.4 Å². The molecule has 2 fully saturated rings. The van der Waals surface area contributed by atoms with Crippen LogP contribution in [0.25, 0.3) is 6.08 Å². The van der Waals surface area contributed by atoms with Crippen LogP contribution in [0.5, 0.6) is 17.2 Å². The predicted octanol–water partition coefficient (Wildman–Crippen LogP) is -3.86. The highest BCUT2D eigenvalue weighted by atomic mass is 16.6. The van der Waals surface area contributed by atoms with Crippen LogP contribution < -0.4 is 0 Å². The highest BCUT2D eigenvalue weighted by Crippen LogP contribution is 2.37. The average molecular weight is 633 g/mol. The first-order valence-corrected chi connectivity index (χ1v) is 12.9. The summed E-state index contributed by atoms with van der Waals surface area (Å²) in [5.74, 6) is -3.57. The van der Waals surface area contributed by atoms with Gasteiger partial charge in [0.05, 0.1) is 18.8 Å². The van der Waals surface area contributed by atoms with Crippen LogP contribution in [-0.2, 0) is 9.47 Å². The lowest BCUT2D eigenvalue weighted by Gasteiger charge is -2.37. The standard InChI is InChI=1S/C15H12O5.2C6H12O6/c16-11-7-6-10(14(19)15(11)20)13(18)12(17)8-9-4-2-1-3-5-9;2*7-1-2-3(8)4(9)5(10)6(11)12-2/h1-8,16-17,19-20H;2*2-11H,1H2/b12-8-;;/t;2*2-,3-,4+,5-,6?/m.11/s1. The monoisotopic (exact) mass is 632 g/mol. The molecule has 0 aromatic heterocycles. The second kappa shape index (κ2) is 16.6. The van der Waals surface area contributed by atoms with Crippen molar-refractivity contribution < 1.29 is 85.8 Å². The average Bonchev–Trinajstić information content (AvgIpc) is 3.02. The number of Topliss-reactive ketones (excluding diaryl/α,β-unsaturated/α-hetero) is 1. The van der Waals surface area contributed by atoms with E-state index in [9.17, 15) is 25.2 Å². The Kier molecular flexibility index (Phi) is 13.9. The lowest BCUT2D eigenvalue weighted by Crippen LogP contribution is -2.58. The molecule has 14 N–H and O–H groups in total. The Morgan fingerprint density at radius 2 is 1.09 bits per heavy atom. The maximum atomic E-state index is 12.0. The Labute approximate surface area is 249 Å². The van der Waals surface area contributed by atoms with E-state index in [1.165, 1.54) is 6.08 Å². The summed E-state index contributed by atoms with van der Waals surface area (Å²) in [6.45, 7) is -1.05. The van der Waals surface area contributed by atoms with E-state index in [1.54, 1.807) is 30.3 Å². The zero-order valence-electron chi connectivity index (χ0n) is 22.8. The van der Waals surface area contributed by atoms with Crippen molar-refractivity contribution in [2.45, 2.75) is 61.4 Å². The fourth-order valence-corrected chi connectivity index (χ4v) is 3.83. The fraction of sp³-hybridized carbons (Fsp3) is 0.444. The SMILES string of the molecule is O=C(/C(O)=C/c1ccccc1)c1ccc(O)c(O)c1O.OC[C@H]1OC(O)[C@H](O)[C@@H](O)[C@@H]1O.OC[C@H]1OC(O)[C@H](O)[C@@H](O)[C@@H]1O. The van der Waals surface area contributed by atoms with Gasteiger partial charge >= 0.3 is 0 Å². The minimum atomic E-state index is -1.57. The predicted molar refractivity (Wildman–Crippen MR) is 145 cm³/mol. The van der Waals surface area contributed by atoms with Crippen molar-refractivity contribution in [3.8, 4) is 17.2 Å². The molecule has 44 heavy (non-hydrogen) atoms. The highest BCUT2D eigenvalue weighted by Gasteiger charge is 2.43. The number of aliphatic hydroxyl groups is 11. The van der Waals surface area contributed by atoms with Gasteiger partial charge in [-0.05, 0) is 23.8 Å². The van der Waals surface area contributed by atoms with E-state index in [2.05, 4.69) is 9.47 Å². The third-order valence-corrected chi connectivity index (χ3v) is 6.44. The molecule has 246 valence electrons. The second-order valence-corrected chi connectivity index (χ2v) is 9.54. The lowest BCUT2D eigenvalue weighted by molar-refractivity contribution is -0.286. The number of ether oxygens (including phenoxy) is 2. The van der Waals surface area contributed by atoms with E-state index in [4.69, 9.17) is 51.1 Å². The van der Waals surface area contributed by atoms with E-state index >= 15 is 0 Å². The molecule has 17 nitrogen and oxygen atoms in total. The molecule has 0 aliphatic carbocycles. The number of phenolic OH excluding ortho intramolecular Hbond substituents is 3. The number of allylic oxidation sites excluding steroid dienone is 1. The fourth-order valence-electron chi connectivity index (χ4n) is 3.83. The number of hydrogen-bond acceptors (Lipinski definition) is 17.